The van der Waals surface area contributed by atoms with Crippen molar-refractivity contribution in [1.29, 1.82) is 0 Å². The fourth-order valence-corrected chi connectivity index (χ4v) is 3.31. The summed E-state index contributed by atoms with van der Waals surface area (Å²) in [7, 11) is 0. The molecular formula is C27H42O4. The number of esters is 2. The first-order valence-electron chi connectivity index (χ1n) is 12.3. The fourth-order valence-electron chi connectivity index (χ4n) is 3.31. The molecule has 0 saturated heterocycles. The third-order valence-electron chi connectivity index (χ3n) is 5.29. The zero-order valence-electron chi connectivity index (χ0n) is 19.7. The maximum Gasteiger partial charge on any atom is 0.338 e. The van der Waals surface area contributed by atoms with Gasteiger partial charge in [0, 0.05) is 0 Å². The van der Waals surface area contributed by atoms with Crippen LogP contribution in [-0.2, 0) is 9.47 Å². The summed E-state index contributed by atoms with van der Waals surface area (Å²) in [6.45, 7) is 5.13. The second kappa shape index (κ2) is 18.7. The van der Waals surface area contributed by atoms with Gasteiger partial charge in [-0.3, -0.25) is 0 Å². The molecule has 0 aliphatic heterocycles. The van der Waals surface area contributed by atoms with Crippen molar-refractivity contribution in [1.82, 2.24) is 0 Å². The highest BCUT2D eigenvalue weighted by atomic mass is 16.5. The van der Waals surface area contributed by atoms with Crippen molar-refractivity contribution in [3.63, 3.8) is 0 Å². The van der Waals surface area contributed by atoms with E-state index in [4.69, 9.17) is 9.47 Å². The molecule has 0 bridgehead atoms. The number of ether oxygens (including phenoxy) is 2. The Kier molecular flexibility index (Phi) is 16.2. The van der Waals surface area contributed by atoms with Crippen molar-refractivity contribution in [3.05, 3.63) is 47.5 Å². The summed E-state index contributed by atoms with van der Waals surface area (Å²) < 4.78 is 10.6. The van der Waals surface area contributed by atoms with Crippen LogP contribution in [0.5, 0.6) is 0 Å². The van der Waals surface area contributed by atoms with Crippen molar-refractivity contribution in [2.75, 3.05) is 13.2 Å². The highest BCUT2D eigenvalue weighted by Crippen LogP contribution is 2.10. The summed E-state index contributed by atoms with van der Waals surface area (Å²) in [5, 5.41) is 0. The lowest BCUT2D eigenvalue weighted by Crippen LogP contribution is -2.08. The topological polar surface area (TPSA) is 52.6 Å². The molecule has 4 nitrogen and oxygen atoms in total. The van der Waals surface area contributed by atoms with Gasteiger partial charge < -0.3 is 9.47 Å². The third kappa shape index (κ3) is 13.7. The number of hydrogen-bond acceptors (Lipinski definition) is 4. The van der Waals surface area contributed by atoms with Gasteiger partial charge in [-0.05, 0) is 43.5 Å². The van der Waals surface area contributed by atoms with E-state index >= 15 is 0 Å². The standard InChI is InChI=1S/C27H42O4/c1-3-5-7-9-10-11-12-13-15-17-23-31-27(29)25-20-18-24(19-21-25)26(28)30-22-16-14-8-6-4-2/h15,17-21H,3-14,16,22-23H2,1-2H3/b17-15+. The van der Waals surface area contributed by atoms with E-state index in [0.717, 1.165) is 19.3 Å². The molecule has 0 atom stereocenters. The number of rotatable bonds is 18. The monoisotopic (exact) mass is 430 g/mol. The Labute approximate surface area is 189 Å². The molecule has 0 unspecified atom stereocenters. The van der Waals surface area contributed by atoms with Gasteiger partial charge in [0.25, 0.3) is 0 Å². The summed E-state index contributed by atoms with van der Waals surface area (Å²) in [6.07, 6.45) is 19.7. The van der Waals surface area contributed by atoms with Gasteiger partial charge >= 0.3 is 11.9 Å². The van der Waals surface area contributed by atoms with Crippen LogP contribution >= 0.6 is 0 Å². The summed E-state index contributed by atoms with van der Waals surface area (Å²) >= 11 is 0. The van der Waals surface area contributed by atoms with E-state index in [1.54, 1.807) is 24.3 Å². The van der Waals surface area contributed by atoms with Crippen LogP contribution in [0.3, 0.4) is 0 Å². The van der Waals surface area contributed by atoms with Crippen LogP contribution in [0.25, 0.3) is 0 Å². The van der Waals surface area contributed by atoms with Crippen LogP contribution in [0, 0.1) is 0 Å². The highest BCUT2D eigenvalue weighted by Gasteiger charge is 2.10. The van der Waals surface area contributed by atoms with Crippen molar-refractivity contribution < 1.29 is 19.1 Å². The minimum Gasteiger partial charge on any atom is -0.462 e. The van der Waals surface area contributed by atoms with Gasteiger partial charge in [0.15, 0.2) is 0 Å². The number of hydrogen-bond donors (Lipinski definition) is 0. The van der Waals surface area contributed by atoms with Crippen LogP contribution in [0.1, 0.15) is 118 Å². The minimum atomic E-state index is -0.378. The first-order chi connectivity index (χ1) is 15.2. The van der Waals surface area contributed by atoms with Crippen LogP contribution in [0.4, 0.5) is 0 Å². The molecule has 0 spiro atoms. The van der Waals surface area contributed by atoms with Gasteiger partial charge in [0.2, 0.25) is 0 Å². The van der Waals surface area contributed by atoms with E-state index in [1.165, 1.54) is 64.2 Å². The average Bonchev–Trinajstić information content (AvgIpc) is 2.79. The predicted octanol–water partition coefficient (Wildman–Crippen LogP) is 7.67. The van der Waals surface area contributed by atoms with Crippen LogP contribution in [0.15, 0.2) is 36.4 Å². The summed E-state index contributed by atoms with van der Waals surface area (Å²) in [6, 6.07) is 6.46. The second-order valence-electron chi connectivity index (χ2n) is 8.11. The lowest BCUT2D eigenvalue weighted by atomic mass is 10.1. The molecule has 174 valence electrons. The third-order valence-corrected chi connectivity index (χ3v) is 5.29. The molecule has 4 heteroatoms. The van der Waals surface area contributed by atoms with E-state index in [0.29, 0.717) is 17.7 Å². The number of allylic oxidation sites excluding steroid dienone is 1. The molecule has 1 rings (SSSR count). The molecular weight excluding hydrogens is 388 g/mol. The number of carbonyl (C=O) groups excluding carboxylic acids is 2. The van der Waals surface area contributed by atoms with Gasteiger partial charge in [0.05, 0.1) is 17.7 Å². The summed E-state index contributed by atoms with van der Waals surface area (Å²) in [5.74, 6) is -0.722. The molecule has 0 radical (unpaired) electrons. The summed E-state index contributed by atoms with van der Waals surface area (Å²) in [5.41, 5.74) is 0.899. The number of unbranched alkanes of at least 4 members (excludes halogenated alkanes) is 11. The van der Waals surface area contributed by atoms with Gasteiger partial charge in [-0.1, -0.05) is 90.2 Å². The Bertz CT molecular complexity index is 619. The minimum absolute atomic E-state index is 0.275. The lowest BCUT2D eigenvalue weighted by Gasteiger charge is -2.06. The van der Waals surface area contributed by atoms with Gasteiger partial charge in [-0.25, -0.2) is 9.59 Å². The predicted molar refractivity (Wildman–Crippen MR) is 128 cm³/mol. The van der Waals surface area contributed by atoms with Crippen molar-refractivity contribution >= 4 is 11.9 Å². The molecule has 0 saturated carbocycles. The first kappa shape index (κ1) is 26.9. The van der Waals surface area contributed by atoms with E-state index in [9.17, 15) is 9.59 Å². The maximum atomic E-state index is 12.1. The van der Waals surface area contributed by atoms with E-state index < -0.39 is 0 Å². The lowest BCUT2D eigenvalue weighted by molar-refractivity contribution is 0.0494. The van der Waals surface area contributed by atoms with Crippen LogP contribution in [-0.4, -0.2) is 25.2 Å². The molecule has 31 heavy (non-hydrogen) atoms. The second-order valence-corrected chi connectivity index (χ2v) is 8.11. The molecule has 1 aromatic rings. The first-order valence-corrected chi connectivity index (χ1v) is 12.3. The Morgan fingerprint density at radius 1 is 0.645 bits per heavy atom. The molecule has 0 amide bonds. The zero-order valence-corrected chi connectivity index (χ0v) is 19.7. The molecule has 0 aliphatic carbocycles. The Balaban J connectivity index is 2.17. The smallest absolute Gasteiger partial charge is 0.338 e. The van der Waals surface area contributed by atoms with Crippen molar-refractivity contribution in [2.24, 2.45) is 0 Å². The average molecular weight is 431 g/mol. The molecule has 1 aromatic carbocycles. The van der Waals surface area contributed by atoms with Crippen molar-refractivity contribution in [2.45, 2.75) is 97.3 Å². The SMILES string of the molecule is CCCCCCCCC/C=C/COC(=O)c1ccc(C(=O)OCCCCCCC)cc1. The van der Waals surface area contributed by atoms with Crippen LogP contribution in [0.2, 0.25) is 0 Å². The normalized spacial score (nSPS) is 11.0. The van der Waals surface area contributed by atoms with E-state index in [1.807, 2.05) is 6.08 Å². The van der Waals surface area contributed by atoms with Crippen LogP contribution < -0.4 is 0 Å². The highest BCUT2D eigenvalue weighted by molar-refractivity contribution is 5.93. The fraction of sp³-hybridized carbons (Fsp3) is 0.630. The van der Waals surface area contributed by atoms with Gasteiger partial charge in [0.1, 0.15) is 6.61 Å². The summed E-state index contributed by atoms with van der Waals surface area (Å²) in [4.78, 5) is 24.2. The maximum absolute atomic E-state index is 12.1. The molecule has 0 N–H and O–H groups in total. The molecule has 0 aromatic heterocycles. The Morgan fingerprint density at radius 2 is 1.13 bits per heavy atom. The van der Waals surface area contributed by atoms with E-state index in [-0.39, 0.29) is 18.5 Å². The quantitative estimate of drug-likeness (QED) is 0.136. The number of carbonyl (C=O) groups is 2. The largest absolute Gasteiger partial charge is 0.462 e. The van der Waals surface area contributed by atoms with E-state index in [2.05, 4.69) is 19.9 Å². The molecule has 0 heterocycles. The molecule has 0 fully saturated rings. The number of benzene rings is 1. The van der Waals surface area contributed by atoms with Gasteiger partial charge in [-0.2, -0.15) is 0 Å². The Morgan fingerprint density at radius 3 is 1.71 bits per heavy atom. The van der Waals surface area contributed by atoms with Crippen molar-refractivity contribution in [3.8, 4) is 0 Å². The zero-order chi connectivity index (χ0) is 22.6. The Hall–Kier alpha value is -2.10. The van der Waals surface area contributed by atoms with Gasteiger partial charge in [-0.15, -0.1) is 0 Å². The molecule has 0 aliphatic rings.